The molecule has 1 aromatic rings. The van der Waals surface area contributed by atoms with E-state index in [2.05, 4.69) is 12.2 Å². The number of rotatable bonds is 8. The number of hydrogen-bond donors (Lipinski definition) is 1. The fraction of sp³-hybridized carbons (Fsp3) is 0.562. The smallest absolute Gasteiger partial charge is 0.327 e. The van der Waals surface area contributed by atoms with Gasteiger partial charge < -0.3 is 14.8 Å². The summed E-state index contributed by atoms with van der Waals surface area (Å²) in [4.78, 5) is 11.9. The summed E-state index contributed by atoms with van der Waals surface area (Å²) in [6.07, 6.45) is 3.49. The second-order valence-electron chi connectivity index (χ2n) is 5.23. The van der Waals surface area contributed by atoms with E-state index in [1.165, 1.54) is 20.0 Å². The minimum absolute atomic E-state index is 0.243. The van der Waals surface area contributed by atoms with Gasteiger partial charge in [0.25, 0.3) is 0 Å². The van der Waals surface area contributed by atoms with Crippen LogP contribution < -0.4 is 10.1 Å². The molecule has 4 nitrogen and oxygen atoms in total. The number of nitrogens with one attached hydrogen (secondary N) is 1. The van der Waals surface area contributed by atoms with Crippen LogP contribution in [0, 0.1) is 5.92 Å². The Hall–Kier alpha value is -1.55. The van der Waals surface area contributed by atoms with Gasteiger partial charge in [0, 0.05) is 0 Å². The van der Waals surface area contributed by atoms with Crippen LogP contribution in [0.25, 0.3) is 0 Å². The highest BCUT2D eigenvalue weighted by atomic mass is 16.5. The summed E-state index contributed by atoms with van der Waals surface area (Å²) >= 11 is 0. The summed E-state index contributed by atoms with van der Waals surface area (Å²) in [6.45, 7) is 3.65. The molecular formula is C16H23NO3. The number of methoxy groups -OCH3 is 1. The molecule has 0 aliphatic heterocycles. The summed E-state index contributed by atoms with van der Waals surface area (Å²) in [5.74, 6) is 1.31. The Bertz CT molecular complexity index is 426. The molecule has 110 valence electrons. The van der Waals surface area contributed by atoms with Gasteiger partial charge >= 0.3 is 5.97 Å². The summed E-state index contributed by atoms with van der Waals surface area (Å²) in [5, 5.41) is 3.30. The average molecular weight is 277 g/mol. The van der Waals surface area contributed by atoms with Crippen molar-refractivity contribution in [2.45, 2.75) is 32.2 Å². The van der Waals surface area contributed by atoms with Gasteiger partial charge in [-0.25, -0.2) is 4.79 Å². The van der Waals surface area contributed by atoms with Crippen molar-refractivity contribution >= 4 is 5.97 Å². The van der Waals surface area contributed by atoms with Crippen LogP contribution in [0.15, 0.2) is 24.3 Å². The SMILES string of the molecule is CCCOc1ccc(C(NCC2CC2)C(=O)OC)cc1. The molecule has 1 fully saturated rings. The predicted octanol–water partition coefficient (Wildman–Crippen LogP) is 2.69. The van der Waals surface area contributed by atoms with E-state index < -0.39 is 0 Å². The molecule has 1 saturated carbocycles. The van der Waals surface area contributed by atoms with Crippen LogP contribution in [0.3, 0.4) is 0 Å². The molecule has 4 heteroatoms. The van der Waals surface area contributed by atoms with Crippen LogP contribution in [0.4, 0.5) is 0 Å². The number of carbonyl (C=O) groups excluding carboxylic acids is 1. The van der Waals surface area contributed by atoms with Gasteiger partial charge in [-0.15, -0.1) is 0 Å². The second kappa shape index (κ2) is 7.29. The van der Waals surface area contributed by atoms with E-state index in [1.807, 2.05) is 24.3 Å². The lowest BCUT2D eigenvalue weighted by Gasteiger charge is -2.17. The first-order chi connectivity index (χ1) is 9.74. The Morgan fingerprint density at radius 3 is 2.60 bits per heavy atom. The van der Waals surface area contributed by atoms with E-state index in [-0.39, 0.29) is 12.0 Å². The molecule has 0 radical (unpaired) electrons. The van der Waals surface area contributed by atoms with Gasteiger partial charge in [0.1, 0.15) is 11.8 Å². The highest BCUT2D eigenvalue weighted by Gasteiger charge is 2.26. The Labute approximate surface area is 120 Å². The van der Waals surface area contributed by atoms with Crippen LogP contribution in [0.1, 0.15) is 37.8 Å². The Morgan fingerprint density at radius 1 is 1.35 bits per heavy atom. The number of benzene rings is 1. The van der Waals surface area contributed by atoms with E-state index in [0.29, 0.717) is 12.5 Å². The molecule has 20 heavy (non-hydrogen) atoms. The third-order valence-electron chi connectivity index (χ3n) is 3.43. The van der Waals surface area contributed by atoms with Crippen LogP contribution in [0.5, 0.6) is 5.75 Å². The number of carbonyl (C=O) groups is 1. The third kappa shape index (κ3) is 4.23. The molecule has 2 rings (SSSR count). The lowest BCUT2D eigenvalue weighted by atomic mass is 10.1. The first-order valence-electron chi connectivity index (χ1n) is 7.28. The third-order valence-corrected chi connectivity index (χ3v) is 3.43. The zero-order valence-corrected chi connectivity index (χ0v) is 12.2. The van der Waals surface area contributed by atoms with E-state index in [4.69, 9.17) is 9.47 Å². The molecule has 1 aliphatic carbocycles. The maximum atomic E-state index is 11.9. The minimum Gasteiger partial charge on any atom is -0.494 e. The molecule has 1 N–H and O–H groups in total. The molecule has 0 heterocycles. The molecule has 1 aliphatic rings. The van der Waals surface area contributed by atoms with Crippen molar-refractivity contribution in [1.82, 2.24) is 5.32 Å². The van der Waals surface area contributed by atoms with Gasteiger partial charge in [-0.3, -0.25) is 0 Å². The normalized spacial score (nSPS) is 15.7. The lowest BCUT2D eigenvalue weighted by Crippen LogP contribution is -2.31. The highest BCUT2D eigenvalue weighted by Crippen LogP contribution is 2.29. The monoisotopic (exact) mass is 277 g/mol. The van der Waals surface area contributed by atoms with Gasteiger partial charge in [-0.05, 0) is 49.4 Å². The van der Waals surface area contributed by atoms with Crippen molar-refractivity contribution in [3.8, 4) is 5.75 Å². The zero-order chi connectivity index (χ0) is 14.4. The largest absolute Gasteiger partial charge is 0.494 e. The van der Waals surface area contributed by atoms with Crippen LogP contribution in [-0.2, 0) is 9.53 Å². The van der Waals surface area contributed by atoms with E-state index in [1.54, 1.807) is 0 Å². The highest BCUT2D eigenvalue weighted by molar-refractivity contribution is 5.77. The zero-order valence-electron chi connectivity index (χ0n) is 12.2. The van der Waals surface area contributed by atoms with E-state index >= 15 is 0 Å². The molecule has 0 bridgehead atoms. The first kappa shape index (κ1) is 14.9. The maximum absolute atomic E-state index is 11.9. The van der Waals surface area contributed by atoms with Crippen molar-refractivity contribution < 1.29 is 14.3 Å². The number of esters is 1. The van der Waals surface area contributed by atoms with Gasteiger partial charge in [-0.2, -0.15) is 0 Å². The Kier molecular flexibility index (Phi) is 5.41. The number of ether oxygens (including phenoxy) is 2. The molecule has 0 saturated heterocycles. The molecule has 0 aromatic heterocycles. The number of hydrogen-bond acceptors (Lipinski definition) is 4. The fourth-order valence-electron chi connectivity index (χ4n) is 2.04. The summed E-state index contributed by atoms with van der Waals surface area (Å²) in [5.41, 5.74) is 0.918. The molecule has 1 aromatic carbocycles. The van der Waals surface area contributed by atoms with E-state index in [9.17, 15) is 4.79 Å². The predicted molar refractivity (Wildman–Crippen MR) is 77.7 cm³/mol. The minimum atomic E-state index is -0.388. The topological polar surface area (TPSA) is 47.6 Å². The van der Waals surface area contributed by atoms with Crippen LogP contribution in [0.2, 0.25) is 0 Å². The standard InChI is InChI=1S/C16H23NO3/c1-3-10-20-14-8-6-13(7-9-14)15(16(18)19-2)17-11-12-4-5-12/h6-9,12,15,17H,3-5,10-11H2,1-2H3. The van der Waals surface area contributed by atoms with Crippen LogP contribution >= 0.6 is 0 Å². The van der Waals surface area contributed by atoms with Crippen LogP contribution in [-0.4, -0.2) is 26.2 Å². The molecular weight excluding hydrogens is 254 g/mol. The maximum Gasteiger partial charge on any atom is 0.327 e. The van der Waals surface area contributed by atoms with Gasteiger partial charge in [-0.1, -0.05) is 19.1 Å². The molecule has 0 amide bonds. The molecule has 1 unspecified atom stereocenters. The quantitative estimate of drug-likeness (QED) is 0.742. The van der Waals surface area contributed by atoms with E-state index in [0.717, 1.165) is 24.3 Å². The first-order valence-corrected chi connectivity index (χ1v) is 7.28. The lowest BCUT2D eigenvalue weighted by molar-refractivity contribution is -0.143. The van der Waals surface area contributed by atoms with Gasteiger partial charge in [0.2, 0.25) is 0 Å². The Morgan fingerprint density at radius 2 is 2.05 bits per heavy atom. The van der Waals surface area contributed by atoms with Crippen molar-refractivity contribution in [2.75, 3.05) is 20.3 Å². The second-order valence-corrected chi connectivity index (χ2v) is 5.23. The Balaban J connectivity index is 2.00. The van der Waals surface area contributed by atoms with Crippen molar-refractivity contribution in [1.29, 1.82) is 0 Å². The molecule has 1 atom stereocenters. The summed E-state index contributed by atoms with van der Waals surface area (Å²) in [7, 11) is 1.42. The van der Waals surface area contributed by atoms with Crippen molar-refractivity contribution in [2.24, 2.45) is 5.92 Å². The summed E-state index contributed by atoms with van der Waals surface area (Å²) in [6, 6.07) is 7.26. The average Bonchev–Trinajstić information content (AvgIpc) is 3.30. The molecule has 0 spiro atoms. The fourth-order valence-corrected chi connectivity index (χ4v) is 2.04. The van der Waals surface area contributed by atoms with Gasteiger partial charge in [0.05, 0.1) is 13.7 Å². The van der Waals surface area contributed by atoms with Gasteiger partial charge in [0.15, 0.2) is 0 Å². The van der Waals surface area contributed by atoms with Crippen molar-refractivity contribution in [3.05, 3.63) is 29.8 Å². The van der Waals surface area contributed by atoms with Crippen molar-refractivity contribution in [3.63, 3.8) is 0 Å². The summed E-state index contributed by atoms with van der Waals surface area (Å²) < 4.78 is 10.4.